The van der Waals surface area contributed by atoms with Crippen molar-refractivity contribution in [2.24, 2.45) is 0 Å². The quantitative estimate of drug-likeness (QED) is 0.548. The van der Waals surface area contributed by atoms with Crippen molar-refractivity contribution < 1.29 is 19.1 Å². The zero-order valence-corrected chi connectivity index (χ0v) is 16.5. The van der Waals surface area contributed by atoms with Crippen LogP contribution in [0.5, 0.6) is 0 Å². The van der Waals surface area contributed by atoms with Crippen LogP contribution < -0.4 is 15.8 Å². The first-order valence-electron chi connectivity index (χ1n) is 8.82. The van der Waals surface area contributed by atoms with Crippen molar-refractivity contribution in [3.8, 4) is 0 Å². The molecular formula is C20H22ClN3O4. The predicted octanol–water partition coefficient (Wildman–Crippen LogP) is 2.80. The van der Waals surface area contributed by atoms with Crippen LogP contribution in [0.1, 0.15) is 34.6 Å². The van der Waals surface area contributed by atoms with E-state index in [2.05, 4.69) is 29.6 Å². The van der Waals surface area contributed by atoms with Crippen LogP contribution in [0.2, 0.25) is 5.02 Å². The molecule has 8 heteroatoms. The zero-order valence-electron chi connectivity index (χ0n) is 15.7. The van der Waals surface area contributed by atoms with Gasteiger partial charge in [0.15, 0.2) is 6.61 Å². The minimum absolute atomic E-state index is 0.217. The van der Waals surface area contributed by atoms with Gasteiger partial charge in [-0.2, -0.15) is 0 Å². The van der Waals surface area contributed by atoms with Crippen LogP contribution >= 0.6 is 11.6 Å². The topological polar surface area (TPSA) is 87.7 Å². The van der Waals surface area contributed by atoms with Gasteiger partial charge in [0, 0.05) is 18.8 Å². The molecule has 0 atom stereocenters. The number of carbonyl (C=O) groups excluding carboxylic acids is 3. The Labute approximate surface area is 168 Å². The second-order valence-corrected chi connectivity index (χ2v) is 6.18. The average molecular weight is 404 g/mol. The molecular weight excluding hydrogens is 382 g/mol. The molecule has 0 bridgehead atoms. The van der Waals surface area contributed by atoms with Gasteiger partial charge in [0.25, 0.3) is 11.8 Å². The number of hydrazine groups is 1. The molecule has 148 valence electrons. The van der Waals surface area contributed by atoms with Gasteiger partial charge >= 0.3 is 5.97 Å². The van der Waals surface area contributed by atoms with E-state index in [9.17, 15) is 14.4 Å². The molecule has 0 heterocycles. The molecule has 0 aromatic heterocycles. The SMILES string of the molecule is CCN(CC)c1ccc(C(=O)OCC(=O)NNC(=O)c2ccccc2Cl)cc1. The van der Waals surface area contributed by atoms with Crippen molar-refractivity contribution in [1.82, 2.24) is 10.9 Å². The summed E-state index contributed by atoms with van der Waals surface area (Å²) in [7, 11) is 0. The number of hydrogen-bond acceptors (Lipinski definition) is 5. The Balaban J connectivity index is 1.81. The Bertz CT molecular complexity index is 836. The lowest BCUT2D eigenvalue weighted by Crippen LogP contribution is -2.43. The summed E-state index contributed by atoms with van der Waals surface area (Å²) in [6.45, 7) is 5.30. The van der Waals surface area contributed by atoms with Crippen molar-refractivity contribution in [1.29, 1.82) is 0 Å². The summed E-state index contributed by atoms with van der Waals surface area (Å²) < 4.78 is 4.96. The fourth-order valence-corrected chi connectivity index (χ4v) is 2.71. The first kappa shape index (κ1) is 21.2. The van der Waals surface area contributed by atoms with Crippen LogP contribution in [0, 0.1) is 0 Å². The average Bonchev–Trinajstić information content (AvgIpc) is 2.72. The van der Waals surface area contributed by atoms with E-state index in [0.717, 1.165) is 18.8 Å². The normalized spacial score (nSPS) is 10.1. The van der Waals surface area contributed by atoms with Gasteiger partial charge in [-0.3, -0.25) is 20.4 Å². The maximum Gasteiger partial charge on any atom is 0.338 e. The first-order valence-corrected chi connectivity index (χ1v) is 9.19. The minimum atomic E-state index is -0.673. The lowest BCUT2D eigenvalue weighted by molar-refractivity contribution is -0.125. The molecule has 0 unspecified atom stereocenters. The number of nitrogens with zero attached hydrogens (tertiary/aromatic N) is 1. The second-order valence-electron chi connectivity index (χ2n) is 5.78. The molecule has 0 spiro atoms. The van der Waals surface area contributed by atoms with Crippen LogP contribution in [0.15, 0.2) is 48.5 Å². The molecule has 2 aromatic carbocycles. The van der Waals surface area contributed by atoms with E-state index in [0.29, 0.717) is 5.56 Å². The van der Waals surface area contributed by atoms with Crippen LogP contribution in [-0.4, -0.2) is 37.5 Å². The van der Waals surface area contributed by atoms with E-state index < -0.39 is 24.4 Å². The maximum atomic E-state index is 12.1. The molecule has 0 fully saturated rings. The molecule has 2 N–H and O–H groups in total. The number of anilines is 1. The van der Waals surface area contributed by atoms with Gasteiger partial charge < -0.3 is 9.64 Å². The van der Waals surface area contributed by atoms with E-state index in [1.165, 1.54) is 6.07 Å². The second kappa shape index (κ2) is 10.3. The molecule has 28 heavy (non-hydrogen) atoms. The van der Waals surface area contributed by atoms with Crippen LogP contribution in [0.4, 0.5) is 5.69 Å². The number of ether oxygens (including phenoxy) is 1. The Kier molecular flexibility index (Phi) is 7.83. The fourth-order valence-electron chi connectivity index (χ4n) is 2.49. The van der Waals surface area contributed by atoms with E-state index in [1.807, 2.05) is 12.1 Å². The number of esters is 1. The van der Waals surface area contributed by atoms with Gasteiger partial charge in [0.2, 0.25) is 0 Å². The fraction of sp³-hybridized carbons (Fsp3) is 0.250. The summed E-state index contributed by atoms with van der Waals surface area (Å²) in [5.41, 5.74) is 5.95. The number of hydrogen-bond donors (Lipinski definition) is 2. The summed E-state index contributed by atoms with van der Waals surface area (Å²) in [6, 6.07) is 13.4. The largest absolute Gasteiger partial charge is 0.452 e. The molecule has 0 aliphatic rings. The Hall–Kier alpha value is -3.06. The van der Waals surface area contributed by atoms with Crippen molar-refractivity contribution >= 4 is 35.1 Å². The molecule has 0 radical (unpaired) electrons. The number of rotatable bonds is 7. The minimum Gasteiger partial charge on any atom is -0.452 e. The summed E-state index contributed by atoms with van der Waals surface area (Å²) >= 11 is 5.91. The molecule has 0 saturated heterocycles. The molecule has 7 nitrogen and oxygen atoms in total. The van der Waals surface area contributed by atoms with Crippen molar-refractivity contribution in [2.75, 3.05) is 24.6 Å². The monoisotopic (exact) mass is 403 g/mol. The highest BCUT2D eigenvalue weighted by atomic mass is 35.5. The van der Waals surface area contributed by atoms with Crippen LogP contribution in [0.25, 0.3) is 0 Å². The van der Waals surface area contributed by atoms with Crippen LogP contribution in [0.3, 0.4) is 0 Å². The molecule has 0 aliphatic carbocycles. The maximum absolute atomic E-state index is 12.1. The highest BCUT2D eigenvalue weighted by Crippen LogP contribution is 2.16. The third-order valence-electron chi connectivity index (χ3n) is 4.00. The van der Waals surface area contributed by atoms with E-state index >= 15 is 0 Å². The number of halogens is 1. The number of nitrogens with one attached hydrogen (secondary N) is 2. The highest BCUT2D eigenvalue weighted by molar-refractivity contribution is 6.33. The Morgan fingerprint density at radius 1 is 0.964 bits per heavy atom. The molecule has 2 aromatic rings. The van der Waals surface area contributed by atoms with Gasteiger partial charge in [-0.25, -0.2) is 4.79 Å². The van der Waals surface area contributed by atoms with Crippen LogP contribution in [-0.2, 0) is 9.53 Å². The van der Waals surface area contributed by atoms with Gasteiger partial charge in [0.1, 0.15) is 0 Å². The Morgan fingerprint density at radius 3 is 2.21 bits per heavy atom. The third kappa shape index (κ3) is 5.72. The lowest BCUT2D eigenvalue weighted by atomic mass is 10.2. The van der Waals surface area contributed by atoms with Gasteiger partial charge in [-0.15, -0.1) is 0 Å². The first-order chi connectivity index (χ1) is 13.5. The van der Waals surface area contributed by atoms with Gasteiger partial charge in [-0.1, -0.05) is 23.7 Å². The predicted molar refractivity (Wildman–Crippen MR) is 107 cm³/mol. The van der Waals surface area contributed by atoms with Crippen molar-refractivity contribution in [3.05, 3.63) is 64.7 Å². The Morgan fingerprint density at radius 2 is 1.61 bits per heavy atom. The number of benzene rings is 2. The molecule has 0 aliphatic heterocycles. The lowest BCUT2D eigenvalue weighted by Gasteiger charge is -2.20. The molecule has 0 saturated carbocycles. The van der Waals surface area contributed by atoms with Crippen molar-refractivity contribution in [2.45, 2.75) is 13.8 Å². The number of amides is 2. The summed E-state index contributed by atoms with van der Waals surface area (Å²) in [6.07, 6.45) is 0. The zero-order chi connectivity index (χ0) is 20.5. The number of carbonyl (C=O) groups is 3. The van der Waals surface area contributed by atoms with Gasteiger partial charge in [0.05, 0.1) is 16.1 Å². The van der Waals surface area contributed by atoms with E-state index in [-0.39, 0.29) is 10.6 Å². The highest BCUT2D eigenvalue weighted by Gasteiger charge is 2.13. The third-order valence-corrected chi connectivity index (χ3v) is 4.33. The molecule has 2 amide bonds. The smallest absolute Gasteiger partial charge is 0.338 e. The summed E-state index contributed by atoms with van der Waals surface area (Å²) in [5.74, 6) is -1.87. The summed E-state index contributed by atoms with van der Waals surface area (Å²) in [5, 5.41) is 0.258. The summed E-state index contributed by atoms with van der Waals surface area (Å²) in [4.78, 5) is 37.9. The van der Waals surface area contributed by atoms with E-state index in [1.54, 1.807) is 30.3 Å². The van der Waals surface area contributed by atoms with Crippen molar-refractivity contribution in [3.63, 3.8) is 0 Å². The standard InChI is InChI=1S/C20H22ClN3O4/c1-3-24(4-2)15-11-9-14(10-12-15)20(27)28-13-18(25)22-23-19(26)16-7-5-6-8-17(16)21/h5-12H,3-4,13H2,1-2H3,(H,22,25)(H,23,26). The van der Waals surface area contributed by atoms with E-state index in [4.69, 9.17) is 16.3 Å². The molecule has 2 rings (SSSR count). The van der Waals surface area contributed by atoms with Gasteiger partial charge in [-0.05, 0) is 50.2 Å².